The van der Waals surface area contributed by atoms with Gasteiger partial charge in [-0.3, -0.25) is 4.79 Å². The van der Waals surface area contributed by atoms with Gasteiger partial charge in [-0.15, -0.1) is 11.3 Å². The van der Waals surface area contributed by atoms with Gasteiger partial charge in [-0.05, 0) is 58.4 Å². The maximum atomic E-state index is 13.0. The van der Waals surface area contributed by atoms with Gasteiger partial charge >= 0.3 is 0 Å². The molecule has 1 saturated heterocycles. The number of amides is 1. The molecule has 1 aliphatic heterocycles. The van der Waals surface area contributed by atoms with Crippen molar-refractivity contribution in [1.29, 1.82) is 0 Å². The second-order valence-electron chi connectivity index (χ2n) is 7.02. The average molecular weight is 329 g/mol. The Bertz CT molecular complexity index is 778. The van der Waals surface area contributed by atoms with Crippen LogP contribution in [0.2, 0.25) is 0 Å². The number of piperidine rings is 1. The second-order valence-corrected chi connectivity index (χ2v) is 8.02. The second kappa shape index (κ2) is 5.55. The molecule has 0 spiro atoms. The lowest BCUT2D eigenvalue weighted by atomic mass is 10.0. The predicted octanol–water partition coefficient (Wildman–Crippen LogP) is 4.20. The highest BCUT2D eigenvalue weighted by molar-refractivity contribution is 7.20. The van der Waals surface area contributed by atoms with E-state index in [2.05, 4.69) is 6.92 Å². The Morgan fingerprint density at radius 3 is 2.65 bits per heavy atom. The smallest absolute Gasteiger partial charge is 0.264 e. The zero-order valence-corrected chi connectivity index (χ0v) is 14.9. The van der Waals surface area contributed by atoms with Gasteiger partial charge in [-0.1, -0.05) is 0 Å². The third-order valence-corrected chi connectivity index (χ3v) is 6.36. The molecule has 4 rings (SSSR count). The fourth-order valence-electron chi connectivity index (χ4n) is 3.62. The number of fused-ring (bicyclic) bond motifs is 1. The Labute approximate surface area is 140 Å². The van der Waals surface area contributed by atoms with Crippen molar-refractivity contribution in [3.05, 3.63) is 22.0 Å². The Hall–Kier alpha value is -1.49. The molecular weight excluding hydrogens is 306 g/mol. The Morgan fingerprint density at radius 2 is 1.96 bits per heavy atom. The molecule has 122 valence electrons. The minimum atomic E-state index is 0.185. The van der Waals surface area contributed by atoms with Gasteiger partial charge in [0, 0.05) is 23.9 Å². The van der Waals surface area contributed by atoms with Crippen LogP contribution in [0.1, 0.15) is 71.7 Å². The summed E-state index contributed by atoms with van der Waals surface area (Å²) in [5, 5.41) is 1.09. The van der Waals surface area contributed by atoms with Crippen LogP contribution in [-0.4, -0.2) is 33.4 Å². The molecule has 0 aromatic carbocycles. The van der Waals surface area contributed by atoms with E-state index in [0.29, 0.717) is 12.0 Å². The summed E-state index contributed by atoms with van der Waals surface area (Å²) >= 11 is 1.56. The SMILES string of the molecule is Cc1nc(C2CC2)nc2sc(C(=O)N3CCCC[C@@H]3C)c(C)c12. The highest BCUT2D eigenvalue weighted by Crippen LogP contribution is 2.40. The summed E-state index contributed by atoms with van der Waals surface area (Å²) in [7, 11) is 0. The first-order valence-corrected chi connectivity index (χ1v) is 9.46. The van der Waals surface area contributed by atoms with Crippen LogP contribution >= 0.6 is 11.3 Å². The molecule has 2 aliphatic rings. The summed E-state index contributed by atoms with van der Waals surface area (Å²) in [6.45, 7) is 7.14. The van der Waals surface area contributed by atoms with Crippen molar-refractivity contribution in [3.63, 3.8) is 0 Å². The van der Waals surface area contributed by atoms with E-state index in [4.69, 9.17) is 9.97 Å². The van der Waals surface area contributed by atoms with Crippen molar-refractivity contribution < 1.29 is 4.79 Å². The molecule has 1 atom stereocenters. The van der Waals surface area contributed by atoms with E-state index in [-0.39, 0.29) is 5.91 Å². The van der Waals surface area contributed by atoms with Crippen molar-refractivity contribution in [2.24, 2.45) is 0 Å². The minimum Gasteiger partial charge on any atom is -0.335 e. The van der Waals surface area contributed by atoms with Gasteiger partial charge in [-0.25, -0.2) is 9.97 Å². The van der Waals surface area contributed by atoms with Crippen LogP contribution in [0.15, 0.2) is 0 Å². The Morgan fingerprint density at radius 1 is 1.17 bits per heavy atom. The zero-order chi connectivity index (χ0) is 16.1. The molecule has 2 aromatic heterocycles. The van der Waals surface area contributed by atoms with Crippen LogP contribution in [0.25, 0.3) is 10.2 Å². The first-order chi connectivity index (χ1) is 11.1. The van der Waals surface area contributed by atoms with Crippen LogP contribution in [0.3, 0.4) is 0 Å². The fraction of sp³-hybridized carbons (Fsp3) is 0.611. The lowest BCUT2D eigenvalue weighted by molar-refractivity contribution is 0.0640. The van der Waals surface area contributed by atoms with E-state index in [0.717, 1.165) is 51.6 Å². The first kappa shape index (κ1) is 15.1. The average Bonchev–Trinajstić information content (AvgIpc) is 3.31. The molecule has 0 bridgehead atoms. The van der Waals surface area contributed by atoms with E-state index in [1.165, 1.54) is 19.3 Å². The van der Waals surface area contributed by atoms with E-state index in [1.54, 1.807) is 11.3 Å². The van der Waals surface area contributed by atoms with Crippen molar-refractivity contribution >= 4 is 27.5 Å². The quantitative estimate of drug-likeness (QED) is 0.829. The van der Waals surface area contributed by atoms with Crippen LogP contribution in [-0.2, 0) is 0 Å². The molecule has 23 heavy (non-hydrogen) atoms. The summed E-state index contributed by atoms with van der Waals surface area (Å²) in [5.41, 5.74) is 2.09. The molecule has 0 unspecified atom stereocenters. The van der Waals surface area contributed by atoms with Gasteiger partial charge in [0.1, 0.15) is 10.7 Å². The van der Waals surface area contributed by atoms with Gasteiger partial charge in [0.2, 0.25) is 0 Å². The van der Waals surface area contributed by atoms with Gasteiger partial charge in [-0.2, -0.15) is 0 Å². The van der Waals surface area contributed by atoms with E-state index in [9.17, 15) is 4.79 Å². The number of likely N-dealkylation sites (tertiary alicyclic amines) is 1. The monoisotopic (exact) mass is 329 g/mol. The highest BCUT2D eigenvalue weighted by atomic mass is 32.1. The topological polar surface area (TPSA) is 46.1 Å². The van der Waals surface area contributed by atoms with Crippen molar-refractivity contribution in [2.75, 3.05) is 6.54 Å². The molecule has 4 nitrogen and oxygen atoms in total. The summed E-state index contributed by atoms with van der Waals surface area (Å²) in [4.78, 5) is 26.4. The fourth-order valence-corrected chi connectivity index (χ4v) is 4.81. The molecule has 0 N–H and O–H groups in total. The van der Waals surface area contributed by atoms with Gasteiger partial charge in [0.15, 0.2) is 0 Å². The molecule has 2 fully saturated rings. The Kier molecular flexibility index (Phi) is 3.63. The van der Waals surface area contributed by atoms with Crippen LogP contribution in [0, 0.1) is 13.8 Å². The van der Waals surface area contributed by atoms with Gasteiger partial charge in [0.05, 0.1) is 10.6 Å². The molecule has 1 amide bonds. The van der Waals surface area contributed by atoms with Crippen molar-refractivity contribution in [2.45, 2.75) is 64.8 Å². The van der Waals surface area contributed by atoms with Crippen molar-refractivity contribution in [1.82, 2.24) is 14.9 Å². The largest absolute Gasteiger partial charge is 0.335 e. The number of carbonyl (C=O) groups excluding carboxylic acids is 1. The third-order valence-electron chi connectivity index (χ3n) is 5.19. The standard InChI is InChI=1S/C18H23N3OS/c1-10-6-4-5-9-21(10)18(22)15-11(2)14-12(3)19-16(13-7-8-13)20-17(14)23-15/h10,13H,4-9H2,1-3H3/t10-/m0/s1. The third kappa shape index (κ3) is 2.55. The number of thiophene rings is 1. The predicted molar refractivity (Wildman–Crippen MR) is 93.2 cm³/mol. The Balaban J connectivity index is 1.76. The number of hydrogen-bond donors (Lipinski definition) is 0. The molecule has 3 heterocycles. The number of carbonyl (C=O) groups is 1. The number of nitrogens with zero attached hydrogens (tertiary/aromatic N) is 3. The summed E-state index contributed by atoms with van der Waals surface area (Å²) in [5.74, 6) is 1.70. The van der Waals surface area contributed by atoms with Crippen LogP contribution < -0.4 is 0 Å². The molecule has 1 saturated carbocycles. The molecule has 2 aromatic rings. The molecule has 1 aliphatic carbocycles. The first-order valence-electron chi connectivity index (χ1n) is 8.65. The van der Waals surface area contributed by atoms with E-state index >= 15 is 0 Å². The lowest BCUT2D eigenvalue weighted by Gasteiger charge is -2.33. The number of hydrogen-bond acceptors (Lipinski definition) is 4. The molecule has 5 heteroatoms. The van der Waals surface area contributed by atoms with Crippen LogP contribution in [0.4, 0.5) is 0 Å². The maximum Gasteiger partial charge on any atom is 0.264 e. The van der Waals surface area contributed by atoms with Crippen LogP contribution in [0.5, 0.6) is 0 Å². The maximum absolute atomic E-state index is 13.0. The van der Waals surface area contributed by atoms with Crippen molar-refractivity contribution in [3.8, 4) is 0 Å². The van der Waals surface area contributed by atoms with E-state index < -0.39 is 0 Å². The van der Waals surface area contributed by atoms with Gasteiger partial charge < -0.3 is 4.90 Å². The van der Waals surface area contributed by atoms with E-state index in [1.807, 2.05) is 18.7 Å². The zero-order valence-electron chi connectivity index (χ0n) is 14.1. The summed E-state index contributed by atoms with van der Waals surface area (Å²) in [6.07, 6.45) is 5.86. The number of aryl methyl sites for hydroxylation is 2. The number of aromatic nitrogens is 2. The highest BCUT2D eigenvalue weighted by Gasteiger charge is 2.30. The molecule has 0 radical (unpaired) electrons. The summed E-state index contributed by atoms with van der Waals surface area (Å²) in [6, 6.07) is 0.343. The normalized spacial score (nSPS) is 21.9. The number of rotatable bonds is 2. The van der Waals surface area contributed by atoms with Gasteiger partial charge in [0.25, 0.3) is 5.91 Å². The minimum absolute atomic E-state index is 0.185. The summed E-state index contributed by atoms with van der Waals surface area (Å²) < 4.78 is 0. The molecular formula is C18H23N3OS. The lowest BCUT2D eigenvalue weighted by Crippen LogP contribution is -2.41.